The number of ether oxygens (including phenoxy) is 1. The quantitative estimate of drug-likeness (QED) is 0.101. The van der Waals surface area contributed by atoms with Crippen molar-refractivity contribution in [1.82, 2.24) is 15.2 Å². The lowest BCUT2D eigenvalue weighted by atomic mass is 9.93. The van der Waals surface area contributed by atoms with Gasteiger partial charge in [0.2, 0.25) is 5.91 Å². The third-order valence-corrected chi connectivity index (χ3v) is 10.2. The van der Waals surface area contributed by atoms with Crippen LogP contribution in [0.4, 0.5) is 0 Å². The standard InChI is InChI=1S/C38H50ClN3O7/c1-24(7-3-6-10-35(46)42(2)22-32(44)36(47)37(48)33(45)23-43)25-11-14-31(39)26(19-25)20-41-38(16-17-38)30-21-40-18-15-28(30)29-8-4-5-9-34(29)49-27-12-13-27/h4-5,8-9,11,14-15,18-19,21,24,27,32-33,36-37,41,43-45,47-48H,3,6-7,10,12-13,16-17,20,22-23H2,1-2H3/t24-,32+,33-,36-,37-/m1/s1. The zero-order chi connectivity index (χ0) is 35.1. The van der Waals surface area contributed by atoms with Gasteiger partial charge in [0.1, 0.15) is 30.2 Å². The fraction of sp³-hybridized carbons (Fsp3) is 0.526. The molecule has 0 aliphatic heterocycles. The number of likely N-dealkylation sites (N-methyl/N-ethyl adjacent to an activating group) is 1. The van der Waals surface area contributed by atoms with Crippen LogP contribution in [0, 0.1) is 0 Å². The molecule has 0 radical (unpaired) electrons. The van der Waals surface area contributed by atoms with Gasteiger partial charge in [0.25, 0.3) is 0 Å². The van der Waals surface area contributed by atoms with E-state index >= 15 is 0 Å². The molecule has 10 nitrogen and oxygen atoms in total. The summed E-state index contributed by atoms with van der Waals surface area (Å²) in [5.41, 5.74) is 5.44. The molecule has 1 heterocycles. The molecule has 11 heteroatoms. The molecule has 3 aromatic rings. The van der Waals surface area contributed by atoms with Gasteiger partial charge in [0.05, 0.1) is 12.7 Å². The lowest BCUT2D eigenvalue weighted by Gasteiger charge is -2.28. The zero-order valence-electron chi connectivity index (χ0n) is 28.3. The number of benzene rings is 2. The molecule has 0 saturated heterocycles. The highest BCUT2D eigenvalue weighted by Crippen LogP contribution is 2.50. The van der Waals surface area contributed by atoms with Crippen LogP contribution in [0.15, 0.2) is 60.9 Å². The normalized spacial score (nSPS) is 18.3. The van der Waals surface area contributed by atoms with E-state index in [0.29, 0.717) is 24.1 Å². The molecule has 2 saturated carbocycles. The first-order valence-electron chi connectivity index (χ1n) is 17.3. The van der Waals surface area contributed by atoms with E-state index in [1.807, 2.05) is 24.5 Å². The third kappa shape index (κ3) is 9.58. The summed E-state index contributed by atoms with van der Waals surface area (Å²) in [6, 6.07) is 16.5. The highest BCUT2D eigenvalue weighted by atomic mass is 35.5. The Morgan fingerprint density at radius 2 is 1.78 bits per heavy atom. The zero-order valence-corrected chi connectivity index (χ0v) is 29.1. The number of aliphatic hydroxyl groups is 5. The summed E-state index contributed by atoms with van der Waals surface area (Å²) in [7, 11) is 1.52. The van der Waals surface area contributed by atoms with Crippen molar-refractivity contribution in [3.05, 3.63) is 82.6 Å². The van der Waals surface area contributed by atoms with Crippen molar-refractivity contribution in [2.75, 3.05) is 20.2 Å². The summed E-state index contributed by atoms with van der Waals surface area (Å²) >= 11 is 6.70. The minimum absolute atomic E-state index is 0.185. The van der Waals surface area contributed by atoms with Gasteiger partial charge in [-0.3, -0.25) is 9.78 Å². The number of rotatable bonds is 19. The van der Waals surface area contributed by atoms with Crippen LogP contribution in [-0.2, 0) is 16.9 Å². The molecule has 2 aliphatic carbocycles. The van der Waals surface area contributed by atoms with E-state index in [1.165, 1.54) is 23.1 Å². The van der Waals surface area contributed by atoms with Crippen LogP contribution in [0.5, 0.6) is 5.75 Å². The lowest BCUT2D eigenvalue weighted by molar-refractivity contribution is -0.138. The highest BCUT2D eigenvalue weighted by Gasteiger charge is 2.46. The molecule has 5 rings (SSSR count). The Hall–Kier alpha value is -3.09. The maximum atomic E-state index is 12.6. The number of pyridine rings is 1. The van der Waals surface area contributed by atoms with Crippen molar-refractivity contribution in [2.45, 2.75) is 107 Å². The SMILES string of the molecule is C[C@H](CCCCC(=O)N(C)C[C@H](O)[C@@H](O)[C@H](O)[C@H](O)CO)c1ccc(Cl)c(CNC2(c3cnccc3-c3ccccc3OC3CC3)CC2)c1. The van der Waals surface area contributed by atoms with Crippen molar-refractivity contribution in [3.63, 3.8) is 0 Å². The second-order valence-electron chi connectivity index (χ2n) is 13.7. The molecule has 6 N–H and O–H groups in total. The Morgan fingerprint density at radius 1 is 1.04 bits per heavy atom. The van der Waals surface area contributed by atoms with Crippen molar-refractivity contribution < 1.29 is 35.1 Å². The van der Waals surface area contributed by atoms with E-state index in [2.05, 4.69) is 53.6 Å². The van der Waals surface area contributed by atoms with Gasteiger partial charge in [0, 0.05) is 55.1 Å². The predicted molar refractivity (Wildman–Crippen MR) is 188 cm³/mol. The monoisotopic (exact) mass is 695 g/mol. The van der Waals surface area contributed by atoms with Crippen molar-refractivity contribution in [1.29, 1.82) is 0 Å². The van der Waals surface area contributed by atoms with E-state index in [4.69, 9.17) is 21.4 Å². The average Bonchev–Trinajstić information content (AvgIpc) is 4.06. The predicted octanol–water partition coefficient (Wildman–Crippen LogP) is 4.28. The Balaban J connectivity index is 1.13. The van der Waals surface area contributed by atoms with Gasteiger partial charge in [-0.15, -0.1) is 0 Å². The molecule has 2 fully saturated rings. The van der Waals surface area contributed by atoms with E-state index in [1.54, 1.807) is 0 Å². The van der Waals surface area contributed by atoms with Gasteiger partial charge < -0.3 is 40.5 Å². The number of carbonyl (C=O) groups excluding carboxylic acids is 1. The van der Waals surface area contributed by atoms with Gasteiger partial charge in [0.15, 0.2) is 0 Å². The van der Waals surface area contributed by atoms with Crippen molar-refractivity contribution in [2.24, 2.45) is 0 Å². The number of aromatic nitrogens is 1. The molecular weight excluding hydrogens is 646 g/mol. The summed E-state index contributed by atoms with van der Waals surface area (Å²) in [6.45, 7) is 1.82. The average molecular weight is 696 g/mol. The van der Waals surface area contributed by atoms with Crippen LogP contribution >= 0.6 is 11.6 Å². The van der Waals surface area contributed by atoms with E-state index in [9.17, 15) is 25.2 Å². The summed E-state index contributed by atoms with van der Waals surface area (Å²) < 4.78 is 6.26. The Kier molecular flexibility index (Phi) is 12.7. The van der Waals surface area contributed by atoms with Crippen LogP contribution in [0.1, 0.15) is 80.9 Å². The summed E-state index contributed by atoms with van der Waals surface area (Å²) in [4.78, 5) is 18.4. The minimum atomic E-state index is -1.72. The Bertz CT molecular complexity index is 1550. The maximum absolute atomic E-state index is 12.6. The van der Waals surface area contributed by atoms with Crippen LogP contribution in [0.3, 0.4) is 0 Å². The summed E-state index contributed by atoms with van der Waals surface area (Å²) in [5.74, 6) is 0.976. The Labute approximate surface area is 293 Å². The molecule has 266 valence electrons. The summed E-state index contributed by atoms with van der Waals surface area (Å²) in [5, 5.41) is 53.0. The van der Waals surface area contributed by atoms with Crippen LogP contribution < -0.4 is 10.1 Å². The topological polar surface area (TPSA) is 156 Å². The molecule has 2 aliphatic rings. The number of halogens is 1. The molecule has 0 unspecified atom stereocenters. The molecule has 0 bridgehead atoms. The number of nitrogens with one attached hydrogen (secondary N) is 1. The van der Waals surface area contributed by atoms with E-state index < -0.39 is 31.0 Å². The number of aliphatic hydroxyl groups excluding tert-OH is 5. The smallest absolute Gasteiger partial charge is 0.222 e. The Morgan fingerprint density at radius 3 is 2.49 bits per heavy atom. The number of hydrogen-bond donors (Lipinski definition) is 6. The molecular formula is C38H50ClN3O7. The van der Waals surface area contributed by atoms with E-state index in [0.717, 1.165) is 61.0 Å². The number of nitrogens with zero attached hydrogens (tertiary/aromatic N) is 2. The van der Waals surface area contributed by atoms with E-state index in [-0.39, 0.29) is 30.3 Å². The van der Waals surface area contributed by atoms with Crippen molar-refractivity contribution >= 4 is 17.5 Å². The van der Waals surface area contributed by atoms with Gasteiger partial charge in [-0.25, -0.2) is 0 Å². The highest BCUT2D eigenvalue weighted by molar-refractivity contribution is 6.31. The maximum Gasteiger partial charge on any atom is 0.222 e. The molecule has 49 heavy (non-hydrogen) atoms. The molecule has 1 aromatic heterocycles. The van der Waals surface area contributed by atoms with Gasteiger partial charge in [-0.1, -0.05) is 55.3 Å². The van der Waals surface area contributed by atoms with Crippen molar-refractivity contribution in [3.8, 4) is 16.9 Å². The molecule has 0 spiro atoms. The minimum Gasteiger partial charge on any atom is -0.490 e. The number of hydrogen-bond acceptors (Lipinski definition) is 9. The third-order valence-electron chi connectivity index (χ3n) is 9.83. The fourth-order valence-electron chi connectivity index (χ4n) is 6.27. The molecule has 5 atom stereocenters. The fourth-order valence-corrected chi connectivity index (χ4v) is 6.46. The van der Waals surface area contributed by atoms with Gasteiger partial charge in [-0.2, -0.15) is 0 Å². The number of para-hydroxylation sites is 1. The summed E-state index contributed by atoms with van der Waals surface area (Å²) in [6.07, 6.45) is 4.50. The number of carbonyl (C=O) groups is 1. The van der Waals surface area contributed by atoms with Crippen LogP contribution in [0.2, 0.25) is 5.02 Å². The number of amides is 1. The van der Waals surface area contributed by atoms with Crippen LogP contribution in [0.25, 0.3) is 11.1 Å². The largest absolute Gasteiger partial charge is 0.490 e. The first-order chi connectivity index (χ1) is 23.5. The second kappa shape index (κ2) is 16.7. The first kappa shape index (κ1) is 37.2. The lowest BCUT2D eigenvalue weighted by Crippen LogP contribution is -2.49. The molecule has 1 amide bonds. The molecule has 2 aromatic carbocycles. The number of unbranched alkanes of at least 4 members (excludes halogenated alkanes) is 1. The van der Waals surface area contributed by atoms with Gasteiger partial charge in [-0.05, 0) is 84.9 Å². The van der Waals surface area contributed by atoms with Crippen LogP contribution in [-0.4, -0.2) is 92.0 Å². The van der Waals surface area contributed by atoms with Gasteiger partial charge >= 0.3 is 0 Å². The first-order valence-corrected chi connectivity index (χ1v) is 17.7. The second-order valence-corrected chi connectivity index (χ2v) is 14.1.